The van der Waals surface area contributed by atoms with Crippen molar-refractivity contribution in [1.82, 2.24) is 0 Å². The van der Waals surface area contributed by atoms with Gasteiger partial charge in [0.25, 0.3) is 5.91 Å². The molecule has 3 aromatic rings. The first kappa shape index (κ1) is 22.8. The summed E-state index contributed by atoms with van der Waals surface area (Å²) < 4.78 is 0. The number of aliphatic imine (C=N–C) groups is 1. The van der Waals surface area contributed by atoms with Gasteiger partial charge in [-0.3, -0.25) is 14.5 Å². The third-order valence-electron chi connectivity index (χ3n) is 4.16. The molecule has 1 N–H and O–H groups in total. The number of nitrogens with zero attached hydrogens (tertiary/aromatic N) is 2. The van der Waals surface area contributed by atoms with Crippen LogP contribution in [0.1, 0.15) is 0 Å². The molecule has 0 spiro atoms. The fraction of sp³-hybridized carbons (Fsp3) is 0. The third-order valence-corrected chi connectivity index (χ3v) is 5.36. The quantitative estimate of drug-likeness (QED) is 0.421. The van der Waals surface area contributed by atoms with E-state index in [1.165, 1.54) is 11.0 Å². The zero-order valence-corrected chi connectivity index (χ0v) is 19.4. The highest BCUT2D eigenvalue weighted by Crippen LogP contribution is 2.36. The molecule has 8 heteroatoms. The number of nitrogens with one attached hydrogen (secondary N) is 1. The van der Waals surface area contributed by atoms with Crippen molar-refractivity contribution in [3.63, 3.8) is 0 Å². The Hall–Kier alpha value is -2.87. The molecule has 0 aromatic heterocycles. The van der Waals surface area contributed by atoms with Crippen LogP contribution in [0, 0.1) is 0 Å². The summed E-state index contributed by atoms with van der Waals surface area (Å²) in [5.74, 6) is -0.718. The third kappa shape index (κ3) is 5.64. The molecule has 5 nitrogen and oxygen atoms in total. The second-order valence-corrected chi connectivity index (χ2v) is 7.76. The van der Waals surface area contributed by atoms with Crippen molar-refractivity contribution in [2.75, 3.05) is 10.2 Å². The first-order valence-corrected chi connectivity index (χ1v) is 10.3. The molecule has 156 valence electrons. The predicted molar refractivity (Wildman–Crippen MR) is 134 cm³/mol. The highest BCUT2D eigenvalue weighted by atomic mass is 79.9. The van der Waals surface area contributed by atoms with E-state index in [9.17, 15) is 9.59 Å². The number of carbonyl (C=O) groups excluding carboxylic acids is 2. The van der Waals surface area contributed by atoms with E-state index < -0.39 is 5.91 Å². The van der Waals surface area contributed by atoms with Gasteiger partial charge in [-0.2, -0.15) is 0 Å². The molecule has 0 aliphatic carbocycles. The molecule has 1 heterocycles. The maximum absolute atomic E-state index is 13.1. The fourth-order valence-corrected chi connectivity index (χ4v) is 3.99. The van der Waals surface area contributed by atoms with E-state index >= 15 is 0 Å². The monoisotopic (exact) mass is 513 g/mol. The van der Waals surface area contributed by atoms with E-state index in [0.717, 1.165) is 17.4 Å². The summed E-state index contributed by atoms with van der Waals surface area (Å²) in [5.41, 5.74) is 1.96. The topological polar surface area (TPSA) is 61.8 Å². The largest absolute Gasteiger partial charge is 0.322 e. The van der Waals surface area contributed by atoms with Crippen LogP contribution in [0.25, 0.3) is 0 Å². The number of amidine groups is 1. The summed E-state index contributed by atoms with van der Waals surface area (Å²) in [5, 5.41) is 3.72. The first-order valence-electron chi connectivity index (χ1n) is 9.09. The van der Waals surface area contributed by atoms with Gasteiger partial charge < -0.3 is 5.32 Å². The van der Waals surface area contributed by atoms with Crippen LogP contribution in [0.15, 0.2) is 101 Å². The molecule has 2 amide bonds. The number of hydrogen-bond acceptors (Lipinski definition) is 4. The maximum Gasteiger partial charge on any atom is 0.271 e. The van der Waals surface area contributed by atoms with Gasteiger partial charge in [0.05, 0.1) is 16.3 Å². The minimum atomic E-state index is -0.415. The highest BCUT2D eigenvalue weighted by Gasteiger charge is 2.35. The van der Waals surface area contributed by atoms with Crippen molar-refractivity contribution < 1.29 is 9.59 Å². The maximum atomic E-state index is 13.1. The molecular formula is C23H17BrClN3O2S. The zero-order valence-electron chi connectivity index (χ0n) is 16.1. The summed E-state index contributed by atoms with van der Waals surface area (Å²) in [4.78, 5) is 32.0. The molecule has 1 aliphatic heterocycles. The molecule has 0 radical (unpaired) electrons. The van der Waals surface area contributed by atoms with Gasteiger partial charge in [-0.1, -0.05) is 54.1 Å². The molecule has 3 aromatic carbocycles. The van der Waals surface area contributed by atoms with Crippen molar-refractivity contribution in [1.29, 1.82) is 0 Å². The van der Waals surface area contributed by atoms with Crippen molar-refractivity contribution in [2.45, 2.75) is 0 Å². The Kier molecular flexibility index (Phi) is 7.68. The van der Waals surface area contributed by atoms with Crippen molar-refractivity contribution in [3.05, 3.63) is 101 Å². The summed E-state index contributed by atoms with van der Waals surface area (Å²) >= 11 is 7.12. The Morgan fingerprint density at radius 2 is 1.65 bits per heavy atom. The van der Waals surface area contributed by atoms with Crippen LogP contribution < -0.4 is 10.2 Å². The van der Waals surface area contributed by atoms with E-state index in [4.69, 9.17) is 11.6 Å². The minimum absolute atomic E-state index is 0. The van der Waals surface area contributed by atoms with Crippen molar-refractivity contribution in [2.24, 2.45) is 4.99 Å². The lowest BCUT2D eigenvalue weighted by Gasteiger charge is -2.15. The van der Waals surface area contributed by atoms with Gasteiger partial charge in [-0.25, -0.2) is 4.99 Å². The minimum Gasteiger partial charge on any atom is -0.322 e. The van der Waals surface area contributed by atoms with Crippen LogP contribution in [-0.4, -0.2) is 17.0 Å². The number of benzene rings is 3. The molecule has 31 heavy (non-hydrogen) atoms. The van der Waals surface area contributed by atoms with Crippen molar-refractivity contribution >= 4 is 74.4 Å². The van der Waals surface area contributed by atoms with Crippen LogP contribution in [0.3, 0.4) is 0 Å². The van der Waals surface area contributed by atoms with Gasteiger partial charge in [-0.05, 0) is 54.2 Å². The van der Waals surface area contributed by atoms with Crippen LogP contribution in [-0.2, 0) is 9.59 Å². The van der Waals surface area contributed by atoms with E-state index in [1.807, 2.05) is 60.7 Å². The van der Waals surface area contributed by atoms with Crippen LogP contribution in [0.5, 0.6) is 0 Å². The zero-order chi connectivity index (χ0) is 20.9. The Labute approximate surface area is 199 Å². The highest BCUT2D eigenvalue weighted by molar-refractivity contribution is 8.93. The number of anilines is 2. The summed E-state index contributed by atoms with van der Waals surface area (Å²) in [6.45, 7) is 0. The number of hydrogen-bond donors (Lipinski definition) is 1. The normalized spacial score (nSPS) is 15.8. The fourth-order valence-electron chi connectivity index (χ4n) is 2.83. The molecule has 0 unspecified atom stereocenters. The van der Waals surface area contributed by atoms with E-state index in [2.05, 4.69) is 10.3 Å². The van der Waals surface area contributed by atoms with Gasteiger partial charge in [0.1, 0.15) is 0 Å². The average Bonchev–Trinajstić information content (AvgIpc) is 3.04. The van der Waals surface area contributed by atoms with Gasteiger partial charge in [0.2, 0.25) is 5.91 Å². The number of halogens is 2. The average molecular weight is 515 g/mol. The predicted octanol–water partition coefficient (Wildman–Crippen LogP) is 6.21. The van der Waals surface area contributed by atoms with Gasteiger partial charge in [0.15, 0.2) is 5.17 Å². The van der Waals surface area contributed by atoms with Gasteiger partial charge >= 0.3 is 0 Å². The summed E-state index contributed by atoms with van der Waals surface area (Å²) in [6.07, 6.45) is 1.29. The second-order valence-electron chi connectivity index (χ2n) is 6.32. The number of rotatable bonds is 4. The molecule has 1 saturated heterocycles. The Bertz CT molecular complexity index is 1150. The van der Waals surface area contributed by atoms with E-state index in [1.54, 1.807) is 24.3 Å². The molecule has 0 bridgehead atoms. The lowest BCUT2D eigenvalue weighted by Crippen LogP contribution is -2.28. The lowest BCUT2D eigenvalue weighted by molar-refractivity contribution is -0.115. The Balaban J connectivity index is 0.00000272. The van der Waals surface area contributed by atoms with Crippen molar-refractivity contribution in [3.8, 4) is 0 Å². The standard InChI is InChI=1S/C23H16ClN3O2S.BrH/c24-16-8-7-11-18(14-16)25-21(28)15-20-22(29)27(19-12-5-2-6-13-19)23(30-20)26-17-9-3-1-4-10-17;/h1-15H,(H,25,28);1H/b20-15+,26-23?;. The molecule has 4 rings (SSSR count). The first-order chi connectivity index (χ1) is 14.6. The molecular weight excluding hydrogens is 498 g/mol. The summed E-state index contributed by atoms with van der Waals surface area (Å²) in [6, 6.07) is 25.4. The van der Waals surface area contributed by atoms with Crippen LogP contribution >= 0.6 is 40.3 Å². The van der Waals surface area contributed by atoms with E-state index in [0.29, 0.717) is 21.6 Å². The molecule has 1 aliphatic rings. The Morgan fingerprint density at radius 3 is 2.32 bits per heavy atom. The van der Waals surface area contributed by atoms with E-state index in [-0.39, 0.29) is 27.8 Å². The SMILES string of the molecule is Br.O=C(/C=C1/SC(=Nc2ccccc2)N(c2ccccc2)C1=O)Nc1cccc(Cl)c1. The summed E-state index contributed by atoms with van der Waals surface area (Å²) in [7, 11) is 0. The molecule has 0 atom stereocenters. The van der Waals surface area contributed by atoms with Crippen LogP contribution in [0.4, 0.5) is 17.1 Å². The number of para-hydroxylation sites is 2. The lowest BCUT2D eigenvalue weighted by atomic mass is 10.3. The van der Waals surface area contributed by atoms with Gasteiger partial charge in [0, 0.05) is 16.8 Å². The number of carbonyl (C=O) groups is 2. The second kappa shape index (κ2) is 10.4. The molecule has 1 fully saturated rings. The number of amides is 2. The Morgan fingerprint density at radius 1 is 0.968 bits per heavy atom. The smallest absolute Gasteiger partial charge is 0.271 e. The molecule has 0 saturated carbocycles. The van der Waals surface area contributed by atoms with Gasteiger partial charge in [-0.15, -0.1) is 17.0 Å². The van der Waals surface area contributed by atoms with Crippen LogP contribution in [0.2, 0.25) is 5.02 Å². The number of thioether (sulfide) groups is 1.